The molecule has 3 rings (SSSR count). The van der Waals surface area contributed by atoms with Crippen LogP contribution in [0.5, 0.6) is 0 Å². The molecule has 1 aliphatic heterocycles. The molecule has 136 valence electrons. The first-order valence-corrected chi connectivity index (χ1v) is 9.04. The van der Waals surface area contributed by atoms with Gasteiger partial charge in [-0.2, -0.15) is 0 Å². The van der Waals surface area contributed by atoms with Gasteiger partial charge in [-0.1, -0.05) is 48.5 Å². The molecule has 2 amide bonds. The van der Waals surface area contributed by atoms with Crippen LogP contribution in [0.15, 0.2) is 60.7 Å². The largest absolute Gasteiger partial charge is 0.445 e. The lowest BCUT2D eigenvalue weighted by Gasteiger charge is -2.29. The van der Waals surface area contributed by atoms with Crippen molar-refractivity contribution in [2.24, 2.45) is 0 Å². The van der Waals surface area contributed by atoms with Gasteiger partial charge in [0.25, 0.3) is 0 Å². The first-order chi connectivity index (χ1) is 12.7. The molecule has 1 atom stereocenters. The van der Waals surface area contributed by atoms with Gasteiger partial charge >= 0.3 is 6.09 Å². The van der Waals surface area contributed by atoms with E-state index in [0.717, 1.165) is 17.7 Å². The number of likely N-dealkylation sites (N-methyl/N-ethyl adjacent to an activating group) is 1. The average Bonchev–Trinajstić information content (AvgIpc) is 3.18. The first-order valence-electron chi connectivity index (χ1n) is 9.04. The molecule has 5 nitrogen and oxygen atoms in total. The van der Waals surface area contributed by atoms with Gasteiger partial charge in [0.15, 0.2) is 0 Å². The molecule has 0 aliphatic carbocycles. The number of hydrogen-bond acceptors (Lipinski definition) is 3. The van der Waals surface area contributed by atoms with Gasteiger partial charge in [0.1, 0.15) is 12.6 Å². The Morgan fingerprint density at radius 3 is 2.38 bits per heavy atom. The highest BCUT2D eigenvalue weighted by Gasteiger charge is 2.37. The molecule has 1 fully saturated rings. The Labute approximate surface area is 154 Å². The number of benzene rings is 2. The molecule has 26 heavy (non-hydrogen) atoms. The molecule has 1 aliphatic rings. The van der Waals surface area contributed by atoms with Crippen LogP contribution in [-0.2, 0) is 16.1 Å². The predicted molar refractivity (Wildman–Crippen MR) is 101 cm³/mol. The zero-order chi connectivity index (χ0) is 18.4. The van der Waals surface area contributed by atoms with E-state index in [2.05, 4.69) is 0 Å². The normalized spacial score (nSPS) is 16.3. The molecule has 0 N–H and O–H groups in total. The fourth-order valence-electron chi connectivity index (χ4n) is 3.30. The van der Waals surface area contributed by atoms with Gasteiger partial charge in [0, 0.05) is 18.8 Å². The maximum atomic E-state index is 13.0. The van der Waals surface area contributed by atoms with Crippen molar-refractivity contribution in [1.82, 2.24) is 4.90 Å². The molecule has 0 spiro atoms. The number of nitrogens with zero attached hydrogens (tertiary/aromatic N) is 2. The minimum absolute atomic E-state index is 0.0483. The number of para-hydroxylation sites is 1. The van der Waals surface area contributed by atoms with Crippen molar-refractivity contribution < 1.29 is 14.3 Å². The van der Waals surface area contributed by atoms with E-state index < -0.39 is 12.1 Å². The van der Waals surface area contributed by atoms with Gasteiger partial charge in [-0.25, -0.2) is 4.79 Å². The highest BCUT2D eigenvalue weighted by atomic mass is 16.6. The lowest BCUT2D eigenvalue weighted by atomic mass is 10.1. The second-order valence-electron chi connectivity index (χ2n) is 6.31. The van der Waals surface area contributed by atoms with Crippen LogP contribution in [0.3, 0.4) is 0 Å². The van der Waals surface area contributed by atoms with Crippen LogP contribution < -0.4 is 4.90 Å². The van der Waals surface area contributed by atoms with Crippen molar-refractivity contribution >= 4 is 17.7 Å². The van der Waals surface area contributed by atoms with Gasteiger partial charge in [0.05, 0.1) is 0 Å². The number of anilines is 1. The maximum Gasteiger partial charge on any atom is 0.410 e. The minimum Gasteiger partial charge on any atom is -0.445 e. The van der Waals surface area contributed by atoms with E-state index in [4.69, 9.17) is 4.74 Å². The third-order valence-electron chi connectivity index (χ3n) is 4.63. The van der Waals surface area contributed by atoms with E-state index in [-0.39, 0.29) is 12.5 Å². The Kier molecular flexibility index (Phi) is 5.89. The van der Waals surface area contributed by atoms with E-state index in [1.54, 1.807) is 9.80 Å². The standard InChI is InChI=1S/C21H24N2O3/c1-2-22(18-12-7-4-8-13-18)20(24)19-14-9-15-23(19)21(25)26-16-17-10-5-3-6-11-17/h3-8,10-13,19H,2,9,14-16H2,1H3. The van der Waals surface area contributed by atoms with E-state index >= 15 is 0 Å². The molecule has 2 aromatic rings. The van der Waals surface area contributed by atoms with E-state index in [1.165, 1.54) is 0 Å². The Balaban J connectivity index is 1.66. The summed E-state index contributed by atoms with van der Waals surface area (Å²) in [5, 5.41) is 0. The van der Waals surface area contributed by atoms with Crippen LogP contribution >= 0.6 is 0 Å². The van der Waals surface area contributed by atoms with Gasteiger partial charge in [-0.05, 0) is 37.5 Å². The van der Waals surface area contributed by atoms with Crippen molar-refractivity contribution in [3.05, 3.63) is 66.2 Å². The molecular formula is C21H24N2O3. The average molecular weight is 352 g/mol. The van der Waals surface area contributed by atoms with Crippen LogP contribution in [0.25, 0.3) is 0 Å². The molecular weight excluding hydrogens is 328 g/mol. The number of carbonyl (C=O) groups excluding carboxylic acids is 2. The molecule has 0 saturated carbocycles. The highest BCUT2D eigenvalue weighted by molar-refractivity contribution is 5.98. The Bertz CT molecular complexity index is 733. The SMILES string of the molecule is CCN(C(=O)C1CCCN1C(=O)OCc1ccccc1)c1ccccc1. The molecule has 5 heteroatoms. The second kappa shape index (κ2) is 8.52. The monoisotopic (exact) mass is 352 g/mol. The van der Waals surface area contributed by atoms with Crippen LogP contribution in [0.1, 0.15) is 25.3 Å². The van der Waals surface area contributed by atoms with Gasteiger partial charge in [-0.3, -0.25) is 9.69 Å². The second-order valence-corrected chi connectivity index (χ2v) is 6.31. The first kappa shape index (κ1) is 18.0. The van der Waals surface area contributed by atoms with Crippen LogP contribution in [0, 0.1) is 0 Å². The summed E-state index contributed by atoms with van der Waals surface area (Å²) in [5.41, 5.74) is 1.78. The van der Waals surface area contributed by atoms with Crippen molar-refractivity contribution in [2.75, 3.05) is 18.0 Å². The zero-order valence-corrected chi connectivity index (χ0v) is 15.0. The summed E-state index contributed by atoms with van der Waals surface area (Å²) in [6.07, 6.45) is 1.06. The fourth-order valence-corrected chi connectivity index (χ4v) is 3.30. The van der Waals surface area contributed by atoms with Crippen LogP contribution in [-0.4, -0.2) is 36.0 Å². The van der Waals surface area contributed by atoms with Crippen molar-refractivity contribution in [3.8, 4) is 0 Å². The summed E-state index contributed by atoms with van der Waals surface area (Å²) in [5.74, 6) is -0.0483. The Morgan fingerprint density at radius 2 is 1.73 bits per heavy atom. The summed E-state index contributed by atoms with van der Waals surface area (Å²) < 4.78 is 5.43. The number of rotatable bonds is 5. The lowest BCUT2D eigenvalue weighted by molar-refractivity contribution is -0.122. The Morgan fingerprint density at radius 1 is 1.08 bits per heavy atom. The third-order valence-corrected chi connectivity index (χ3v) is 4.63. The maximum absolute atomic E-state index is 13.0. The third kappa shape index (κ3) is 4.04. The van der Waals surface area contributed by atoms with E-state index in [1.807, 2.05) is 67.6 Å². The predicted octanol–water partition coefficient (Wildman–Crippen LogP) is 3.84. The number of ether oxygens (including phenoxy) is 1. The molecule has 0 radical (unpaired) electrons. The summed E-state index contributed by atoms with van der Waals surface area (Å²) >= 11 is 0. The lowest BCUT2D eigenvalue weighted by Crippen LogP contribution is -2.48. The molecule has 0 aromatic heterocycles. The van der Waals surface area contributed by atoms with Crippen molar-refractivity contribution in [1.29, 1.82) is 0 Å². The summed E-state index contributed by atoms with van der Waals surface area (Å²) in [7, 11) is 0. The number of hydrogen-bond donors (Lipinski definition) is 0. The molecule has 2 aromatic carbocycles. The van der Waals surface area contributed by atoms with E-state index in [0.29, 0.717) is 19.5 Å². The summed E-state index contributed by atoms with van der Waals surface area (Å²) in [4.78, 5) is 28.9. The van der Waals surface area contributed by atoms with Crippen molar-refractivity contribution in [3.63, 3.8) is 0 Å². The summed E-state index contributed by atoms with van der Waals surface area (Å²) in [6, 6.07) is 18.7. The quantitative estimate of drug-likeness (QED) is 0.821. The highest BCUT2D eigenvalue weighted by Crippen LogP contribution is 2.23. The smallest absolute Gasteiger partial charge is 0.410 e. The van der Waals surface area contributed by atoms with Gasteiger partial charge in [0.2, 0.25) is 5.91 Å². The van der Waals surface area contributed by atoms with Gasteiger partial charge < -0.3 is 9.64 Å². The van der Waals surface area contributed by atoms with Crippen LogP contribution in [0.4, 0.5) is 10.5 Å². The van der Waals surface area contributed by atoms with Crippen LogP contribution in [0.2, 0.25) is 0 Å². The van der Waals surface area contributed by atoms with E-state index in [9.17, 15) is 9.59 Å². The number of likely N-dealkylation sites (tertiary alicyclic amines) is 1. The molecule has 1 saturated heterocycles. The molecule has 1 unspecified atom stereocenters. The summed E-state index contributed by atoms with van der Waals surface area (Å²) in [6.45, 7) is 3.27. The van der Waals surface area contributed by atoms with Gasteiger partial charge in [-0.15, -0.1) is 0 Å². The molecule has 1 heterocycles. The minimum atomic E-state index is -0.460. The fraction of sp³-hybridized carbons (Fsp3) is 0.333. The number of amides is 2. The topological polar surface area (TPSA) is 49.9 Å². The van der Waals surface area contributed by atoms with Crippen molar-refractivity contribution in [2.45, 2.75) is 32.4 Å². The molecule has 0 bridgehead atoms. The number of carbonyl (C=O) groups is 2. The Hall–Kier alpha value is -2.82. The zero-order valence-electron chi connectivity index (χ0n) is 15.0.